The second-order valence-corrected chi connectivity index (χ2v) is 23.4. The van der Waals surface area contributed by atoms with Crippen LogP contribution in [0.1, 0.15) is 348 Å². The molecule has 0 radical (unpaired) electrons. The SMILES string of the molecule is CC/C=C\C/C=C\C/C=C\C/C=C\CCCCCCCCCCC(=O)OC(COC(=O)CCCCCCC/C=C\C/C=C\CCCCCC)COC(=O)CCCCCCCCCCCCCCCCC/C=C\C/C=C\CCCCCCC. The fraction of sp³-hybridized carbons (Fsp3) is 0.750. The van der Waals surface area contributed by atoms with E-state index in [9.17, 15) is 14.4 Å². The van der Waals surface area contributed by atoms with Crippen LogP contribution in [0.15, 0.2) is 97.2 Å². The Labute approximate surface area is 508 Å². The maximum atomic E-state index is 13.0. The summed E-state index contributed by atoms with van der Waals surface area (Å²) in [7, 11) is 0. The van der Waals surface area contributed by atoms with E-state index in [1.807, 2.05) is 0 Å². The molecule has 0 spiro atoms. The third-order valence-corrected chi connectivity index (χ3v) is 15.3. The number of allylic oxidation sites excluding steroid dienone is 16. The van der Waals surface area contributed by atoms with Gasteiger partial charge in [-0.05, 0) is 122 Å². The van der Waals surface area contributed by atoms with Gasteiger partial charge < -0.3 is 14.2 Å². The second-order valence-electron chi connectivity index (χ2n) is 23.4. The van der Waals surface area contributed by atoms with Gasteiger partial charge in [0.1, 0.15) is 13.2 Å². The molecule has 1 atom stereocenters. The highest BCUT2D eigenvalue weighted by Gasteiger charge is 2.19. The van der Waals surface area contributed by atoms with Crippen molar-refractivity contribution in [1.82, 2.24) is 0 Å². The largest absolute Gasteiger partial charge is 0.462 e. The highest BCUT2D eigenvalue weighted by molar-refractivity contribution is 5.71. The van der Waals surface area contributed by atoms with E-state index in [0.717, 1.165) is 116 Å². The third-order valence-electron chi connectivity index (χ3n) is 15.3. The molecule has 472 valence electrons. The molecule has 0 rings (SSSR count). The van der Waals surface area contributed by atoms with Crippen molar-refractivity contribution in [2.75, 3.05) is 13.2 Å². The van der Waals surface area contributed by atoms with Crippen LogP contribution in [-0.4, -0.2) is 37.2 Å². The normalized spacial score (nSPS) is 12.7. The summed E-state index contributed by atoms with van der Waals surface area (Å²) in [6.45, 7) is 6.52. The summed E-state index contributed by atoms with van der Waals surface area (Å²) in [5.41, 5.74) is 0. The number of carbonyl (C=O) groups excluding carboxylic acids is 3. The first-order chi connectivity index (χ1) is 40.5. The molecule has 0 aromatic carbocycles. The minimum atomic E-state index is -0.790. The van der Waals surface area contributed by atoms with Crippen LogP contribution in [0.2, 0.25) is 0 Å². The number of esters is 3. The Morgan fingerprint density at radius 2 is 0.476 bits per heavy atom. The van der Waals surface area contributed by atoms with Crippen LogP contribution in [0.5, 0.6) is 0 Å². The van der Waals surface area contributed by atoms with Crippen molar-refractivity contribution in [2.24, 2.45) is 0 Å². The molecule has 0 aromatic heterocycles. The fourth-order valence-electron chi connectivity index (χ4n) is 10.0. The first-order valence-electron chi connectivity index (χ1n) is 35.2. The van der Waals surface area contributed by atoms with E-state index in [0.29, 0.717) is 19.3 Å². The second kappa shape index (κ2) is 69.8. The predicted molar refractivity (Wildman–Crippen MR) is 357 cm³/mol. The molecule has 0 aliphatic carbocycles. The van der Waals surface area contributed by atoms with Gasteiger partial charge in [-0.3, -0.25) is 14.4 Å². The zero-order valence-electron chi connectivity index (χ0n) is 54.2. The van der Waals surface area contributed by atoms with Gasteiger partial charge in [-0.2, -0.15) is 0 Å². The van der Waals surface area contributed by atoms with Crippen LogP contribution in [-0.2, 0) is 28.6 Å². The average molecular weight is 1140 g/mol. The maximum Gasteiger partial charge on any atom is 0.306 e. The fourth-order valence-corrected chi connectivity index (χ4v) is 10.0. The van der Waals surface area contributed by atoms with Crippen molar-refractivity contribution in [2.45, 2.75) is 354 Å². The van der Waals surface area contributed by atoms with E-state index in [-0.39, 0.29) is 31.1 Å². The van der Waals surface area contributed by atoms with Gasteiger partial charge in [0.15, 0.2) is 6.10 Å². The number of carbonyl (C=O) groups is 3. The van der Waals surface area contributed by atoms with Crippen molar-refractivity contribution < 1.29 is 28.6 Å². The highest BCUT2D eigenvalue weighted by Crippen LogP contribution is 2.17. The lowest BCUT2D eigenvalue weighted by molar-refractivity contribution is -0.167. The Kier molecular flexibility index (Phi) is 66.7. The van der Waals surface area contributed by atoms with Gasteiger partial charge in [-0.25, -0.2) is 0 Å². The molecule has 0 saturated carbocycles. The smallest absolute Gasteiger partial charge is 0.306 e. The van der Waals surface area contributed by atoms with Crippen LogP contribution in [0.3, 0.4) is 0 Å². The van der Waals surface area contributed by atoms with E-state index in [2.05, 4.69) is 118 Å². The standard InChI is InChI=1S/C76H132O6/c1-4-7-10-13-16-19-22-25-28-31-33-35-36-37-38-39-40-42-43-45-48-51-54-57-60-63-66-69-75(78)81-72-73(71-80-74(77)68-65-62-59-56-53-50-47-30-27-24-21-18-15-12-9-6-3)82-76(79)70-67-64-61-58-55-52-49-46-44-41-34-32-29-26-23-20-17-14-11-8-5-2/h8,11,17,20-22,24-26,29-31,33-34,41,47,73H,4-7,9-10,12-16,18-19,23,27-28,32,35-40,42-46,48-72H2,1-3H3/b11-8-,20-17-,24-21-,25-22-,29-26-,33-31-,41-34-,47-30-. The van der Waals surface area contributed by atoms with Crippen LogP contribution < -0.4 is 0 Å². The van der Waals surface area contributed by atoms with Gasteiger partial charge in [-0.1, -0.05) is 304 Å². The minimum Gasteiger partial charge on any atom is -0.462 e. The van der Waals surface area contributed by atoms with E-state index < -0.39 is 6.10 Å². The van der Waals surface area contributed by atoms with E-state index in [1.54, 1.807) is 0 Å². The molecule has 0 aromatic rings. The van der Waals surface area contributed by atoms with Gasteiger partial charge in [0, 0.05) is 19.3 Å². The number of ether oxygens (including phenoxy) is 3. The monoisotopic (exact) mass is 1140 g/mol. The van der Waals surface area contributed by atoms with Crippen molar-refractivity contribution in [3.05, 3.63) is 97.2 Å². The first-order valence-corrected chi connectivity index (χ1v) is 35.2. The van der Waals surface area contributed by atoms with Crippen molar-refractivity contribution in [1.29, 1.82) is 0 Å². The van der Waals surface area contributed by atoms with Crippen LogP contribution in [0.25, 0.3) is 0 Å². The molecular weight excluding hydrogens is 1010 g/mol. The maximum absolute atomic E-state index is 13.0. The van der Waals surface area contributed by atoms with Gasteiger partial charge in [0.2, 0.25) is 0 Å². The lowest BCUT2D eigenvalue weighted by Crippen LogP contribution is -2.30. The van der Waals surface area contributed by atoms with E-state index in [1.165, 1.54) is 193 Å². The molecule has 6 nitrogen and oxygen atoms in total. The number of unbranched alkanes of at least 4 members (excludes halogenated alkanes) is 37. The quantitative estimate of drug-likeness (QED) is 0.0261. The van der Waals surface area contributed by atoms with Crippen molar-refractivity contribution in [3.8, 4) is 0 Å². The Hall–Kier alpha value is -3.67. The summed E-state index contributed by atoms with van der Waals surface area (Å²) >= 11 is 0. The zero-order valence-corrected chi connectivity index (χ0v) is 54.2. The Balaban J connectivity index is 4.33. The highest BCUT2D eigenvalue weighted by atomic mass is 16.6. The van der Waals surface area contributed by atoms with Gasteiger partial charge in [0.25, 0.3) is 0 Å². The lowest BCUT2D eigenvalue weighted by atomic mass is 10.0. The third kappa shape index (κ3) is 67.1. The number of hydrogen-bond acceptors (Lipinski definition) is 6. The van der Waals surface area contributed by atoms with Crippen LogP contribution >= 0.6 is 0 Å². The van der Waals surface area contributed by atoms with Crippen molar-refractivity contribution in [3.63, 3.8) is 0 Å². The molecule has 0 N–H and O–H groups in total. The topological polar surface area (TPSA) is 78.9 Å². The molecule has 0 bridgehead atoms. The molecule has 82 heavy (non-hydrogen) atoms. The first kappa shape index (κ1) is 78.3. The molecule has 0 aliphatic heterocycles. The van der Waals surface area contributed by atoms with Gasteiger partial charge >= 0.3 is 17.9 Å². The van der Waals surface area contributed by atoms with Gasteiger partial charge in [0.05, 0.1) is 0 Å². The summed E-state index contributed by atoms with van der Waals surface area (Å²) in [6, 6.07) is 0. The summed E-state index contributed by atoms with van der Waals surface area (Å²) in [6.07, 6.45) is 94.3. The Morgan fingerprint density at radius 1 is 0.256 bits per heavy atom. The molecule has 0 amide bonds. The summed E-state index contributed by atoms with van der Waals surface area (Å²) in [5.74, 6) is -0.891. The summed E-state index contributed by atoms with van der Waals surface area (Å²) in [5, 5.41) is 0. The summed E-state index contributed by atoms with van der Waals surface area (Å²) < 4.78 is 17.0. The van der Waals surface area contributed by atoms with Crippen LogP contribution in [0, 0.1) is 0 Å². The minimum absolute atomic E-state index is 0.0838. The van der Waals surface area contributed by atoms with Gasteiger partial charge in [-0.15, -0.1) is 0 Å². The van der Waals surface area contributed by atoms with Crippen LogP contribution in [0.4, 0.5) is 0 Å². The molecule has 6 heteroatoms. The zero-order chi connectivity index (χ0) is 59.2. The number of hydrogen-bond donors (Lipinski definition) is 0. The van der Waals surface area contributed by atoms with Crippen molar-refractivity contribution >= 4 is 17.9 Å². The Morgan fingerprint density at radius 3 is 0.756 bits per heavy atom. The summed E-state index contributed by atoms with van der Waals surface area (Å²) in [4.78, 5) is 38.5. The van der Waals surface area contributed by atoms with E-state index in [4.69, 9.17) is 14.2 Å². The van der Waals surface area contributed by atoms with E-state index >= 15 is 0 Å². The molecule has 0 aliphatic rings. The Bertz CT molecular complexity index is 1590. The molecule has 0 heterocycles. The number of rotatable bonds is 64. The molecule has 0 fully saturated rings. The molecule has 1 unspecified atom stereocenters. The average Bonchev–Trinajstić information content (AvgIpc) is 3.48. The lowest BCUT2D eigenvalue weighted by Gasteiger charge is -2.18. The molecule has 0 saturated heterocycles. The predicted octanol–water partition coefficient (Wildman–Crippen LogP) is 24.4. The molecular formula is C76H132O6.